The monoisotopic (exact) mass is 371 g/mol. The molecule has 1 unspecified atom stereocenters. The molecule has 2 aromatic carbocycles. The Morgan fingerprint density at radius 3 is 2.63 bits per heavy atom. The van der Waals surface area contributed by atoms with Gasteiger partial charge in [0.15, 0.2) is 0 Å². The van der Waals surface area contributed by atoms with Gasteiger partial charge in [0.2, 0.25) is 5.91 Å². The van der Waals surface area contributed by atoms with Gasteiger partial charge in [0.25, 0.3) is 5.91 Å². The van der Waals surface area contributed by atoms with Crippen molar-refractivity contribution in [2.75, 3.05) is 36.9 Å². The van der Waals surface area contributed by atoms with E-state index in [1.165, 1.54) is 24.3 Å². The summed E-state index contributed by atoms with van der Waals surface area (Å²) in [6.45, 7) is 4.20. The number of benzene rings is 2. The van der Waals surface area contributed by atoms with Crippen LogP contribution >= 0.6 is 0 Å². The Balaban J connectivity index is 1.65. The maximum atomic E-state index is 13.0. The van der Waals surface area contributed by atoms with Crippen molar-refractivity contribution in [3.63, 3.8) is 0 Å². The first-order valence-electron chi connectivity index (χ1n) is 8.81. The Kier molecular flexibility index (Phi) is 6.16. The third-order valence-corrected chi connectivity index (χ3v) is 4.24. The zero-order valence-corrected chi connectivity index (χ0v) is 15.1. The lowest BCUT2D eigenvalue weighted by Crippen LogP contribution is -2.44. The summed E-state index contributed by atoms with van der Waals surface area (Å²) in [4.78, 5) is 27.0. The molecule has 6 nitrogen and oxygen atoms in total. The average Bonchev–Trinajstić information content (AvgIpc) is 2.64. The van der Waals surface area contributed by atoms with Crippen LogP contribution in [0.15, 0.2) is 48.5 Å². The number of nitrogens with zero attached hydrogens (tertiary/aromatic N) is 1. The van der Waals surface area contributed by atoms with Crippen LogP contribution in [0, 0.1) is 5.82 Å². The van der Waals surface area contributed by atoms with Gasteiger partial charge in [0.05, 0.1) is 30.5 Å². The van der Waals surface area contributed by atoms with Gasteiger partial charge in [0, 0.05) is 18.8 Å². The van der Waals surface area contributed by atoms with E-state index in [1.54, 1.807) is 24.3 Å². The number of ether oxygens (including phenoxy) is 1. The van der Waals surface area contributed by atoms with E-state index < -0.39 is 0 Å². The van der Waals surface area contributed by atoms with Gasteiger partial charge in [0.1, 0.15) is 5.82 Å². The molecule has 0 bridgehead atoms. The molecule has 1 saturated heterocycles. The SMILES string of the molecule is CC1CN(CC(=O)Nc2ccccc2C(=O)Nc2ccc(F)cc2)CCO1. The molecule has 0 aromatic heterocycles. The molecule has 3 rings (SSSR count). The van der Waals surface area contributed by atoms with Crippen LogP contribution in [-0.2, 0) is 9.53 Å². The van der Waals surface area contributed by atoms with Gasteiger partial charge in [-0.3, -0.25) is 14.5 Å². The standard InChI is InChI=1S/C20H22FN3O3/c1-14-12-24(10-11-27-14)13-19(25)23-18-5-3-2-4-17(18)20(26)22-16-8-6-15(21)7-9-16/h2-9,14H,10-13H2,1H3,(H,22,26)(H,23,25). The van der Waals surface area contributed by atoms with Crippen molar-refractivity contribution in [1.82, 2.24) is 4.90 Å². The minimum Gasteiger partial charge on any atom is -0.376 e. The van der Waals surface area contributed by atoms with E-state index in [0.29, 0.717) is 36.6 Å². The maximum absolute atomic E-state index is 13.0. The van der Waals surface area contributed by atoms with Crippen LogP contribution in [0.4, 0.5) is 15.8 Å². The van der Waals surface area contributed by atoms with Crippen LogP contribution in [0.25, 0.3) is 0 Å². The summed E-state index contributed by atoms with van der Waals surface area (Å²) in [5, 5.41) is 5.51. The maximum Gasteiger partial charge on any atom is 0.257 e. The minimum atomic E-state index is -0.377. The number of amides is 2. The normalized spacial score (nSPS) is 17.3. The van der Waals surface area contributed by atoms with E-state index in [0.717, 1.165) is 0 Å². The number of rotatable bonds is 5. The predicted octanol–water partition coefficient (Wildman–Crippen LogP) is 2.74. The summed E-state index contributed by atoms with van der Waals surface area (Å²) in [6, 6.07) is 12.3. The lowest BCUT2D eigenvalue weighted by Gasteiger charge is -2.30. The first-order valence-corrected chi connectivity index (χ1v) is 8.81. The summed E-state index contributed by atoms with van der Waals surface area (Å²) in [5.41, 5.74) is 1.25. The number of para-hydroxylation sites is 1. The van der Waals surface area contributed by atoms with Crippen molar-refractivity contribution in [3.05, 3.63) is 59.9 Å². The second-order valence-corrected chi connectivity index (χ2v) is 6.47. The van der Waals surface area contributed by atoms with Gasteiger partial charge in [-0.1, -0.05) is 12.1 Å². The highest BCUT2D eigenvalue weighted by atomic mass is 19.1. The number of carbonyl (C=O) groups is 2. The van der Waals surface area contributed by atoms with Crippen LogP contribution in [-0.4, -0.2) is 49.1 Å². The van der Waals surface area contributed by atoms with E-state index in [9.17, 15) is 14.0 Å². The number of hydrogen-bond acceptors (Lipinski definition) is 4. The fourth-order valence-electron chi connectivity index (χ4n) is 2.95. The molecule has 142 valence electrons. The van der Waals surface area contributed by atoms with E-state index in [2.05, 4.69) is 10.6 Å². The van der Waals surface area contributed by atoms with Crippen LogP contribution < -0.4 is 10.6 Å². The number of anilines is 2. The topological polar surface area (TPSA) is 70.7 Å². The lowest BCUT2D eigenvalue weighted by atomic mass is 10.1. The van der Waals surface area contributed by atoms with Gasteiger partial charge in [-0.15, -0.1) is 0 Å². The number of halogens is 1. The van der Waals surface area contributed by atoms with Crippen molar-refractivity contribution in [1.29, 1.82) is 0 Å². The van der Waals surface area contributed by atoms with E-state index in [-0.39, 0.29) is 30.3 Å². The molecular weight excluding hydrogens is 349 g/mol. The van der Waals surface area contributed by atoms with Crippen molar-refractivity contribution in [2.24, 2.45) is 0 Å². The molecule has 0 spiro atoms. The van der Waals surface area contributed by atoms with Crippen molar-refractivity contribution in [3.8, 4) is 0 Å². The summed E-state index contributed by atoms with van der Waals surface area (Å²) < 4.78 is 18.5. The van der Waals surface area contributed by atoms with Crippen LogP contribution in [0.5, 0.6) is 0 Å². The minimum absolute atomic E-state index is 0.0975. The highest BCUT2D eigenvalue weighted by Crippen LogP contribution is 2.18. The zero-order valence-electron chi connectivity index (χ0n) is 15.1. The van der Waals surface area contributed by atoms with Gasteiger partial charge in [-0.25, -0.2) is 4.39 Å². The molecule has 1 atom stereocenters. The Labute approximate surface area is 157 Å². The van der Waals surface area contributed by atoms with E-state index in [4.69, 9.17) is 4.74 Å². The fourth-order valence-corrected chi connectivity index (χ4v) is 2.95. The van der Waals surface area contributed by atoms with Crippen LogP contribution in [0.2, 0.25) is 0 Å². The predicted molar refractivity (Wildman–Crippen MR) is 101 cm³/mol. The quantitative estimate of drug-likeness (QED) is 0.848. The Morgan fingerprint density at radius 1 is 1.15 bits per heavy atom. The molecule has 1 aliphatic rings. The zero-order chi connectivity index (χ0) is 19.2. The Hall–Kier alpha value is -2.77. The second kappa shape index (κ2) is 8.75. The molecule has 1 heterocycles. The largest absolute Gasteiger partial charge is 0.376 e. The molecule has 0 saturated carbocycles. The molecule has 1 aliphatic heterocycles. The third-order valence-electron chi connectivity index (χ3n) is 4.24. The molecule has 2 N–H and O–H groups in total. The average molecular weight is 371 g/mol. The summed E-state index contributed by atoms with van der Waals surface area (Å²) in [5.74, 6) is -0.943. The summed E-state index contributed by atoms with van der Waals surface area (Å²) in [7, 11) is 0. The Morgan fingerprint density at radius 2 is 1.89 bits per heavy atom. The summed E-state index contributed by atoms with van der Waals surface area (Å²) in [6.07, 6.45) is 0.0975. The fraction of sp³-hybridized carbons (Fsp3) is 0.300. The van der Waals surface area contributed by atoms with Gasteiger partial charge in [-0.05, 0) is 43.3 Å². The lowest BCUT2D eigenvalue weighted by molar-refractivity contribution is -0.119. The first-order chi connectivity index (χ1) is 13.0. The number of carbonyl (C=O) groups excluding carboxylic acids is 2. The number of nitrogens with one attached hydrogen (secondary N) is 2. The Bertz CT molecular complexity index is 810. The van der Waals surface area contributed by atoms with Gasteiger partial charge < -0.3 is 15.4 Å². The molecule has 0 radical (unpaired) electrons. The molecule has 2 amide bonds. The number of morpholine rings is 1. The molecule has 7 heteroatoms. The van der Waals surface area contributed by atoms with E-state index in [1.807, 2.05) is 11.8 Å². The van der Waals surface area contributed by atoms with Gasteiger partial charge in [-0.2, -0.15) is 0 Å². The highest BCUT2D eigenvalue weighted by Gasteiger charge is 2.20. The van der Waals surface area contributed by atoms with Crippen molar-refractivity contribution in [2.45, 2.75) is 13.0 Å². The third kappa shape index (κ3) is 5.35. The molecule has 27 heavy (non-hydrogen) atoms. The smallest absolute Gasteiger partial charge is 0.257 e. The van der Waals surface area contributed by atoms with Crippen molar-refractivity contribution < 1.29 is 18.7 Å². The summed E-state index contributed by atoms with van der Waals surface area (Å²) >= 11 is 0. The second-order valence-electron chi connectivity index (χ2n) is 6.47. The first kappa shape index (κ1) is 19.0. The number of hydrogen-bond donors (Lipinski definition) is 2. The van der Waals surface area contributed by atoms with Gasteiger partial charge >= 0.3 is 0 Å². The molecular formula is C20H22FN3O3. The van der Waals surface area contributed by atoms with Crippen LogP contribution in [0.1, 0.15) is 17.3 Å². The molecule has 2 aromatic rings. The van der Waals surface area contributed by atoms with Crippen molar-refractivity contribution >= 4 is 23.2 Å². The van der Waals surface area contributed by atoms with Crippen LogP contribution in [0.3, 0.4) is 0 Å². The van der Waals surface area contributed by atoms with E-state index >= 15 is 0 Å². The molecule has 0 aliphatic carbocycles. The highest BCUT2D eigenvalue weighted by molar-refractivity contribution is 6.10. The molecule has 1 fully saturated rings.